The Bertz CT molecular complexity index is 1380. The van der Waals surface area contributed by atoms with Gasteiger partial charge >= 0.3 is 0 Å². The minimum absolute atomic E-state index is 0.148. The third-order valence-corrected chi connectivity index (χ3v) is 7.75. The Balaban J connectivity index is 1.52. The molecule has 4 aromatic rings. The lowest BCUT2D eigenvalue weighted by molar-refractivity contribution is 0.262. The van der Waals surface area contributed by atoms with Crippen molar-refractivity contribution in [3.05, 3.63) is 59.1 Å². The first kappa shape index (κ1) is 18.3. The number of piperidine rings is 1. The third-order valence-electron chi connectivity index (χ3n) is 5.31. The smallest absolute Gasteiger partial charge is 0.261 e. The molecule has 5 rings (SSSR count). The molecule has 148 valence electrons. The molecule has 10 heteroatoms. The van der Waals surface area contributed by atoms with E-state index >= 15 is 0 Å². The fraction of sp³-hybridized carbons (Fsp3) is 0.263. The molecule has 0 bridgehead atoms. The van der Waals surface area contributed by atoms with Gasteiger partial charge in [-0.15, -0.1) is 0 Å². The lowest BCUT2D eigenvalue weighted by Crippen LogP contribution is -2.42. The number of hydrogen-bond acceptors (Lipinski definition) is 7. The molecule has 1 saturated heterocycles. The molecule has 0 aliphatic carbocycles. The number of benzene rings is 2. The molecule has 1 aliphatic heterocycles. The average molecular weight is 428 g/mol. The molecule has 2 aromatic carbocycles. The van der Waals surface area contributed by atoms with Crippen molar-refractivity contribution >= 4 is 43.7 Å². The standard InChI is InChI=1S/C19H17N5O3S2/c25-19-14-6-1-2-7-15(14)20-12-24(19)13-5-4-10-23(11-13)29(26,27)17-9-3-8-16-18(17)22-28-21-16/h1-3,6-9,12-13H,4-5,10-11H2/t13-/m1/s1. The van der Waals surface area contributed by atoms with Gasteiger partial charge in [0, 0.05) is 13.1 Å². The average Bonchev–Trinajstić information content (AvgIpc) is 3.23. The predicted molar refractivity (Wildman–Crippen MR) is 110 cm³/mol. The van der Waals surface area contributed by atoms with Crippen LogP contribution in [0.1, 0.15) is 18.9 Å². The van der Waals surface area contributed by atoms with Crippen LogP contribution in [0.5, 0.6) is 0 Å². The molecule has 2 aromatic heterocycles. The second kappa shape index (κ2) is 6.97. The largest absolute Gasteiger partial charge is 0.294 e. The quantitative estimate of drug-likeness (QED) is 0.498. The maximum atomic E-state index is 13.3. The summed E-state index contributed by atoms with van der Waals surface area (Å²) >= 11 is 0.994. The second-order valence-corrected chi connectivity index (χ2v) is 9.46. The summed E-state index contributed by atoms with van der Waals surface area (Å²) < 4.78 is 38.0. The molecule has 0 unspecified atom stereocenters. The maximum absolute atomic E-state index is 13.3. The highest BCUT2D eigenvalue weighted by atomic mass is 32.2. The minimum Gasteiger partial charge on any atom is -0.294 e. The molecule has 0 spiro atoms. The summed E-state index contributed by atoms with van der Waals surface area (Å²) in [6.45, 7) is 0.624. The Labute approximate surface area is 170 Å². The Morgan fingerprint density at radius 2 is 1.86 bits per heavy atom. The first-order valence-electron chi connectivity index (χ1n) is 9.23. The van der Waals surface area contributed by atoms with Gasteiger partial charge in [0.15, 0.2) is 0 Å². The van der Waals surface area contributed by atoms with Gasteiger partial charge in [-0.05, 0) is 37.1 Å². The Morgan fingerprint density at radius 3 is 2.76 bits per heavy atom. The normalized spacial score (nSPS) is 18.4. The summed E-state index contributed by atoms with van der Waals surface area (Å²) in [6.07, 6.45) is 2.90. The number of sulfonamides is 1. The molecular weight excluding hydrogens is 410 g/mol. The third kappa shape index (κ3) is 3.04. The number of para-hydroxylation sites is 1. The van der Waals surface area contributed by atoms with Crippen LogP contribution in [0.4, 0.5) is 0 Å². The molecule has 0 amide bonds. The summed E-state index contributed by atoms with van der Waals surface area (Å²) in [5, 5.41) is 0.535. The first-order chi connectivity index (χ1) is 14.1. The van der Waals surface area contributed by atoms with Gasteiger partial charge in [0.25, 0.3) is 5.56 Å². The van der Waals surface area contributed by atoms with Crippen molar-refractivity contribution < 1.29 is 8.42 Å². The predicted octanol–water partition coefficient (Wildman–Crippen LogP) is 2.43. The Morgan fingerprint density at radius 1 is 1.03 bits per heavy atom. The number of nitrogens with zero attached hydrogens (tertiary/aromatic N) is 5. The first-order valence-corrected chi connectivity index (χ1v) is 11.4. The summed E-state index contributed by atoms with van der Waals surface area (Å²) in [5.74, 6) is 0. The molecule has 1 atom stereocenters. The van der Waals surface area contributed by atoms with Crippen molar-refractivity contribution in [3.8, 4) is 0 Å². The van der Waals surface area contributed by atoms with Crippen LogP contribution < -0.4 is 5.56 Å². The van der Waals surface area contributed by atoms with Crippen LogP contribution in [0, 0.1) is 0 Å². The molecule has 0 saturated carbocycles. The van der Waals surface area contributed by atoms with Crippen molar-refractivity contribution in [1.29, 1.82) is 0 Å². The van der Waals surface area contributed by atoms with E-state index in [4.69, 9.17) is 0 Å². The highest BCUT2D eigenvalue weighted by Gasteiger charge is 2.33. The van der Waals surface area contributed by atoms with E-state index in [2.05, 4.69) is 13.7 Å². The van der Waals surface area contributed by atoms with Crippen molar-refractivity contribution in [3.63, 3.8) is 0 Å². The molecule has 3 heterocycles. The fourth-order valence-corrected chi connectivity index (χ4v) is 6.11. The molecule has 8 nitrogen and oxygen atoms in total. The van der Waals surface area contributed by atoms with E-state index in [1.54, 1.807) is 41.0 Å². The van der Waals surface area contributed by atoms with E-state index in [0.717, 1.165) is 11.7 Å². The van der Waals surface area contributed by atoms with Gasteiger partial charge in [0.2, 0.25) is 10.0 Å². The zero-order valence-electron chi connectivity index (χ0n) is 15.3. The SMILES string of the molecule is O=c1c2ccccc2ncn1[C@@H]1CCCN(S(=O)(=O)c2cccc3nsnc23)C1. The molecule has 1 fully saturated rings. The zero-order valence-corrected chi connectivity index (χ0v) is 16.9. The lowest BCUT2D eigenvalue weighted by atomic mass is 10.1. The number of fused-ring (bicyclic) bond motifs is 2. The van der Waals surface area contributed by atoms with E-state index in [1.807, 2.05) is 6.07 Å². The molecule has 29 heavy (non-hydrogen) atoms. The van der Waals surface area contributed by atoms with Crippen molar-refractivity contribution in [2.75, 3.05) is 13.1 Å². The summed E-state index contributed by atoms with van der Waals surface area (Å²) in [5.41, 5.74) is 1.45. The number of rotatable bonds is 3. The van der Waals surface area contributed by atoms with Crippen LogP contribution in [-0.4, -0.2) is 44.1 Å². The summed E-state index contributed by atoms with van der Waals surface area (Å²) in [6, 6.07) is 11.9. The van der Waals surface area contributed by atoms with Gasteiger partial charge in [0.05, 0.1) is 35.0 Å². The summed E-state index contributed by atoms with van der Waals surface area (Å²) in [4.78, 5) is 17.5. The molecule has 1 aliphatic rings. The van der Waals surface area contributed by atoms with Gasteiger partial charge < -0.3 is 0 Å². The van der Waals surface area contributed by atoms with Crippen LogP contribution in [0.25, 0.3) is 21.9 Å². The van der Waals surface area contributed by atoms with E-state index < -0.39 is 10.0 Å². The van der Waals surface area contributed by atoms with Crippen LogP contribution in [0.2, 0.25) is 0 Å². The number of hydrogen-bond donors (Lipinski definition) is 0. The van der Waals surface area contributed by atoms with Crippen LogP contribution >= 0.6 is 11.7 Å². The lowest BCUT2D eigenvalue weighted by Gasteiger charge is -2.32. The van der Waals surface area contributed by atoms with Crippen molar-refractivity contribution in [1.82, 2.24) is 22.6 Å². The van der Waals surface area contributed by atoms with Crippen molar-refractivity contribution in [2.45, 2.75) is 23.8 Å². The molecule has 0 N–H and O–H groups in total. The van der Waals surface area contributed by atoms with Gasteiger partial charge in [-0.1, -0.05) is 18.2 Å². The Kier molecular flexibility index (Phi) is 4.41. The number of aromatic nitrogens is 4. The van der Waals surface area contributed by atoms with Crippen molar-refractivity contribution in [2.24, 2.45) is 0 Å². The van der Waals surface area contributed by atoms with Gasteiger partial charge in [-0.25, -0.2) is 13.4 Å². The van der Waals surface area contributed by atoms with E-state index in [0.29, 0.717) is 41.3 Å². The molecule has 0 radical (unpaired) electrons. The van der Waals surface area contributed by atoms with Gasteiger partial charge in [-0.2, -0.15) is 13.1 Å². The second-order valence-electron chi connectivity index (χ2n) is 7.02. The van der Waals surface area contributed by atoms with Crippen LogP contribution in [0.15, 0.2) is 58.5 Å². The maximum Gasteiger partial charge on any atom is 0.261 e. The van der Waals surface area contributed by atoms with E-state index in [9.17, 15) is 13.2 Å². The van der Waals surface area contributed by atoms with E-state index in [-0.39, 0.29) is 23.0 Å². The van der Waals surface area contributed by atoms with Gasteiger partial charge in [-0.3, -0.25) is 9.36 Å². The van der Waals surface area contributed by atoms with E-state index in [1.165, 1.54) is 10.6 Å². The highest BCUT2D eigenvalue weighted by molar-refractivity contribution is 7.89. The summed E-state index contributed by atoms with van der Waals surface area (Å²) in [7, 11) is -3.75. The zero-order chi connectivity index (χ0) is 20.0. The highest BCUT2D eigenvalue weighted by Crippen LogP contribution is 2.29. The van der Waals surface area contributed by atoms with Gasteiger partial charge in [0.1, 0.15) is 15.9 Å². The van der Waals surface area contributed by atoms with Crippen LogP contribution in [-0.2, 0) is 10.0 Å². The topological polar surface area (TPSA) is 98.1 Å². The monoisotopic (exact) mass is 427 g/mol. The van der Waals surface area contributed by atoms with Crippen LogP contribution in [0.3, 0.4) is 0 Å². The Hall–Kier alpha value is -2.69. The molecular formula is C19H17N5O3S2. The minimum atomic E-state index is -3.75. The fourth-order valence-electron chi connectivity index (χ4n) is 3.84.